The highest BCUT2D eigenvalue weighted by Crippen LogP contribution is 2.24. The molecule has 62 heavy (non-hydrogen) atoms. The van der Waals surface area contributed by atoms with Crippen molar-refractivity contribution in [2.24, 2.45) is 0 Å². The zero-order chi connectivity index (χ0) is 43.8. The number of unbranched alkanes of at least 4 members (excludes halogenated alkanes) is 8. The van der Waals surface area contributed by atoms with Gasteiger partial charge in [-0.1, -0.05) is 95.5 Å². The fourth-order valence-electron chi connectivity index (χ4n) is 6.02. The Balaban J connectivity index is 1.02. The largest absolute Gasteiger partial charge is 0.494 e. The van der Waals surface area contributed by atoms with E-state index < -0.39 is 23.9 Å². The average Bonchev–Trinajstić information content (AvgIpc) is 3.28. The second-order valence-corrected chi connectivity index (χ2v) is 14.5. The molecular weight excluding hydrogens is 785 g/mol. The first kappa shape index (κ1) is 46.1. The van der Waals surface area contributed by atoms with Crippen LogP contribution < -0.4 is 28.4 Å². The van der Waals surface area contributed by atoms with Gasteiger partial charge in [0.15, 0.2) is 0 Å². The average molecular weight is 839 g/mol. The fourth-order valence-corrected chi connectivity index (χ4v) is 6.02. The Labute approximate surface area is 364 Å². The molecule has 0 aromatic heterocycles. The summed E-state index contributed by atoms with van der Waals surface area (Å²) in [6.45, 7) is 5.75. The molecule has 5 rings (SSSR count). The van der Waals surface area contributed by atoms with E-state index in [1.54, 1.807) is 30.4 Å². The van der Waals surface area contributed by atoms with Crippen molar-refractivity contribution in [2.45, 2.75) is 78.1 Å². The Hall–Kier alpha value is -6.94. The third-order valence-electron chi connectivity index (χ3n) is 9.46. The smallest absolute Gasteiger partial charge is 0.343 e. The van der Waals surface area contributed by atoms with Gasteiger partial charge >= 0.3 is 23.9 Å². The number of hydrogen-bond acceptors (Lipinski definition) is 10. The van der Waals surface area contributed by atoms with E-state index in [2.05, 4.69) is 13.8 Å². The summed E-state index contributed by atoms with van der Waals surface area (Å²) in [7, 11) is 0. The molecule has 5 aromatic carbocycles. The molecule has 0 aliphatic carbocycles. The lowest BCUT2D eigenvalue weighted by Gasteiger charge is -2.08. The molecule has 0 atom stereocenters. The van der Waals surface area contributed by atoms with Gasteiger partial charge in [-0.15, -0.1) is 0 Å². The number of hydrogen-bond donors (Lipinski definition) is 0. The van der Waals surface area contributed by atoms with Crippen molar-refractivity contribution in [3.8, 4) is 34.5 Å². The number of benzene rings is 5. The van der Waals surface area contributed by atoms with Gasteiger partial charge in [0.05, 0.1) is 24.3 Å². The molecular formula is C52H54O10. The summed E-state index contributed by atoms with van der Waals surface area (Å²) >= 11 is 0. The van der Waals surface area contributed by atoms with Crippen molar-refractivity contribution >= 4 is 36.0 Å². The molecule has 10 heteroatoms. The summed E-state index contributed by atoms with van der Waals surface area (Å²) in [6.07, 6.45) is 17.7. The predicted octanol–water partition coefficient (Wildman–Crippen LogP) is 12.1. The van der Waals surface area contributed by atoms with E-state index in [-0.39, 0.29) is 34.1 Å². The van der Waals surface area contributed by atoms with Crippen molar-refractivity contribution in [3.05, 3.63) is 156 Å². The quantitative estimate of drug-likeness (QED) is 0.0257. The minimum absolute atomic E-state index is 0.149. The molecule has 0 spiro atoms. The molecule has 0 saturated carbocycles. The van der Waals surface area contributed by atoms with Crippen LogP contribution in [0.2, 0.25) is 0 Å². The van der Waals surface area contributed by atoms with Crippen LogP contribution in [-0.2, 0) is 9.59 Å². The van der Waals surface area contributed by atoms with Crippen molar-refractivity contribution in [3.63, 3.8) is 0 Å². The zero-order valence-electron chi connectivity index (χ0n) is 35.4. The molecule has 0 N–H and O–H groups in total. The van der Waals surface area contributed by atoms with Gasteiger partial charge < -0.3 is 28.4 Å². The van der Waals surface area contributed by atoms with Crippen molar-refractivity contribution in [2.75, 3.05) is 13.2 Å². The van der Waals surface area contributed by atoms with Gasteiger partial charge in [0, 0.05) is 18.2 Å². The molecule has 0 amide bonds. The van der Waals surface area contributed by atoms with Crippen LogP contribution in [0, 0.1) is 0 Å². The van der Waals surface area contributed by atoms with Gasteiger partial charge in [-0.2, -0.15) is 0 Å². The first-order chi connectivity index (χ1) is 30.3. The summed E-state index contributed by atoms with van der Waals surface area (Å²) in [5, 5.41) is 0. The Bertz CT molecular complexity index is 2070. The molecule has 0 bridgehead atoms. The topological polar surface area (TPSA) is 124 Å². The van der Waals surface area contributed by atoms with Crippen LogP contribution >= 0.6 is 0 Å². The van der Waals surface area contributed by atoms with E-state index in [4.69, 9.17) is 28.4 Å². The highest BCUT2D eigenvalue weighted by Gasteiger charge is 2.14. The van der Waals surface area contributed by atoms with Gasteiger partial charge in [0.1, 0.15) is 34.5 Å². The van der Waals surface area contributed by atoms with Crippen LogP contribution in [0.5, 0.6) is 34.5 Å². The Morgan fingerprint density at radius 2 is 0.774 bits per heavy atom. The third-order valence-corrected chi connectivity index (χ3v) is 9.46. The van der Waals surface area contributed by atoms with Gasteiger partial charge in [-0.3, -0.25) is 0 Å². The Morgan fingerprint density at radius 3 is 1.16 bits per heavy atom. The Morgan fingerprint density at radius 1 is 0.403 bits per heavy atom. The van der Waals surface area contributed by atoms with E-state index in [0.717, 1.165) is 48.3 Å². The van der Waals surface area contributed by atoms with Gasteiger partial charge in [0.2, 0.25) is 0 Å². The van der Waals surface area contributed by atoms with E-state index in [1.165, 1.54) is 105 Å². The van der Waals surface area contributed by atoms with E-state index in [9.17, 15) is 19.2 Å². The number of esters is 4. The highest BCUT2D eigenvalue weighted by atomic mass is 16.6. The van der Waals surface area contributed by atoms with Gasteiger partial charge in [0.25, 0.3) is 0 Å². The predicted molar refractivity (Wildman–Crippen MR) is 240 cm³/mol. The number of rotatable bonds is 24. The van der Waals surface area contributed by atoms with Crippen LogP contribution in [0.25, 0.3) is 12.2 Å². The minimum atomic E-state index is -0.665. The molecule has 0 unspecified atom stereocenters. The molecule has 0 radical (unpaired) electrons. The SMILES string of the molecule is CCCCCCCOc1ccc(/C=C/C(=O)Oc2ccc(C(=O)Oc3cccc(OC(=O)c4ccc(OC(=O)/C=C/c5ccc(OCCCCCCC)cc5)cc4)c3)cc2)cc1. The first-order valence-corrected chi connectivity index (χ1v) is 21.3. The standard InChI is InChI=1S/C52H54O10/c1-3-5-7-9-11-36-57-43-26-16-39(17-27-43)20-34-49(53)59-45-30-22-41(23-31-45)51(55)61-47-14-13-15-48(38-47)62-52(56)42-24-32-46(33-25-42)60-50(54)35-21-40-18-28-44(29-19-40)58-37-12-10-8-6-4-2/h13-35,38H,3-12,36-37H2,1-2H3/b34-20+,35-21+. The molecule has 0 aliphatic rings. The van der Waals surface area contributed by atoms with Crippen molar-refractivity contribution < 1.29 is 47.6 Å². The summed E-state index contributed by atoms with van der Waals surface area (Å²) < 4.78 is 33.4. The highest BCUT2D eigenvalue weighted by molar-refractivity contribution is 5.93. The number of ether oxygens (including phenoxy) is 6. The number of carbonyl (C=O) groups is 4. The molecule has 10 nitrogen and oxygen atoms in total. The van der Waals surface area contributed by atoms with Crippen LogP contribution in [-0.4, -0.2) is 37.1 Å². The first-order valence-electron chi connectivity index (χ1n) is 21.3. The van der Waals surface area contributed by atoms with E-state index >= 15 is 0 Å². The summed E-state index contributed by atoms with van der Waals surface area (Å²) in [6, 6.07) is 32.9. The third kappa shape index (κ3) is 16.6. The lowest BCUT2D eigenvalue weighted by Crippen LogP contribution is -2.10. The minimum Gasteiger partial charge on any atom is -0.494 e. The van der Waals surface area contributed by atoms with Crippen LogP contribution in [0.3, 0.4) is 0 Å². The molecule has 0 saturated heterocycles. The van der Waals surface area contributed by atoms with E-state index in [0.29, 0.717) is 13.2 Å². The maximum Gasteiger partial charge on any atom is 0.343 e. The number of carbonyl (C=O) groups excluding carboxylic acids is 4. The second kappa shape index (κ2) is 25.6. The van der Waals surface area contributed by atoms with Crippen LogP contribution in [0.4, 0.5) is 0 Å². The molecule has 0 aliphatic heterocycles. The monoisotopic (exact) mass is 838 g/mol. The summed E-state index contributed by atoms with van der Waals surface area (Å²) in [5.74, 6) is -0.109. The Kier molecular flexibility index (Phi) is 19.1. The van der Waals surface area contributed by atoms with Gasteiger partial charge in [-0.25, -0.2) is 19.2 Å². The lowest BCUT2D eigenvalue weighted by molar-refractivity contribution is -0.129. The molecule has 5 aromatic rings. The molecule has 0 heterocycles. The second-order valence-electron chi connectivity index (χ2n) is 14.5. The van der Waals surface area contributed by atoms with Crippen LogP contribution in [0.1, 0.15) is 110 Å². The van der Waals surface area contributed by atoms with Crippen LogP contribution in [0.15, 0.2) is 133 Å². The van der Waals surface area contributed by atoms with Crippen molar-refractivity contribution in [1.29, 1.82) is 0 Å². The van der Waals surface area contributed by atoms with E-state index in [1.807, 2.05) is 48.5 Å². The van der Waals surface area contributed by atoms with Crippen molar-refractivity contribution in [1.82, 2.24) is 0 Å². The van der Waals surface area contributed by atoms with Gasteiger partial charge in [-0.05, 0) is 121 Å². The maximum atomic E-state index is 12.9. The zero-order valence-corrected chi connectivity index (χ0v) is 35.4. The molecule has 0 fully saturated rings. The fraction of sp³-hybridized carbons (Fsp3) is 0.269. The summed E-state index contributed by atoms with van der Waals surface area (Å²) in [5.41, 5.74) is 2.06. The lowest BCUT2D eigenvalue weighted by atomic mass is 10.2. The molecule has 322 valence electrons. The summed E-state index contributed by atoms with van der Waals surface area (Å²) in [4.78, 5) is 50.7. The normalized spacial score (nSPS) is 11.0. The maximum absolute atomic E-state index is 12.9.